The Labute approximate surface area is 118 Å². The molecule has 19 heavy (non-hydrogen) atoms. The van der Waals surface area contributed by atoms with Crippen LogP contribution < -0.4 is 4.90 Å². The zero-order chi connectivity index (χ0) is 13.5. The van der Waals surface area contributed by atoms with Gasteiger partial charge >= 0.3 is 0 Å². The number of anilines is 1. The van der Waals surface area contributed by atoms with E-state index in [2.05, 4.69) is 26.0 Å². The standard InChI is InChI=1S/C16H17NOS/c1-12-9-11-19-16(13(12)2)10-8-15(18)17(16)14-6-4-3-5-7-14/h3-10,13H,11H2,1-2H3/t13?,16-/m1/s1. The molecule has 2 atom stereocenters. The lowest BCUT2D eigenvalue weighted by molar-refractivity contribution is -0.114. The molecule has 3 heteroatoms. The molecule has 1 amide bonds. The van der Waals surface area contributed by atoms with E-state index < -0.39 is 0 Å². The van der Waals surface area contributed by atoms with Gasteiger partial charge in [-0.2, -0.15) is 0 Å². The molecule has 1 unspecified atom stereocenters. The molecule has 2 aliphatic heterocycles. The van der Waals surface area contributed by atoms with E-state index >= 15 is 0 Å². The fourth-order valence-corrected chi connectivity index (χ4v) is 4.34. The normalized spacial score (nSPS) is 30.0. The maximum Gasteiger partial charge on any atom is 0.252 e. The summed E-state index contributed by atoms with van der Waals surface area (Å²) in [4.78, 5) is 14.0. The minimum absolute atomic E-state index is 0.0836. The Balaban J connectivity index is 2.08. The second-order valence-corrected chi connectivity index (χ2v) is 6.35. The minimum Gasteiger partial charge on any atom is -0.290 e. The Morgan fingerprint density at radius 3 is 2.79 bits per heavy atom. The van der Waals surface area contributed by atoms with Crippen molar-refractivity contribution in [3.05, 3.63) is 54.1 Å². The van der Waals surface area contributed by atoms with Gasteiger partial charge in [0, 0.05) is 23.4 Å². The maximum absolute atomic E-state index is 12.3. The number of rotatable bonds is 1. The molecule has 1 aromatic rings. The number of nitrogens with zero attached hydrogens (tertiary/aromatic N) is 1. The zero-order valence-corrected chi connectivity index (χ0v) is 12.0. The Morgan fingerprint density at radius 1 is 1.32 bits per heavy atom. The highest BCUT2D eigenvalue weighted by Crippen LogP contribution is 2.48. The van der Waals surface area contributed by atoms with E-state index in [1.54, 1.807) is 6.08 Å². The van der Waals surface area contributed by atoms with Crippen LogP contribution in [0.3, 0.4) is 0 Å². The SMILES string of the molecule is CC1=CCS[C@]2(C=CC(=O)N2c2ccccc2)C1C. The smallest absolute Gasteiger partial charge is 0.252 e. The summed E-state index contributed by atoms with van der Waals surface area (Å²) in [6.45, 7) is 4.36. The summed E-state index contributed by atoms with van der Waals surface area (Å²) in [6.07, 6.45) is 6.06. The summed E-state index contributed by atoms with van der Waals surface area (Å²) in [5.41, 5.74) is 2.34. The molecule has 0 radical (unpaired) electrons. The van der Waals surface area contributed by atoms with Crippen LogP contribution in [0.2, 0.25) is 0 Å². The lowest BCUT2D eigenvalue weighted by atomic mass is 9.92. The van der Waals surface area contributed by atoms with Crippen molar-refractivity contribution in [2.75, 3.05) is 10.7 Å². The molecule has 0 aromatic heterocycles. The van der Waals surface area contributed by atoms with E-state index in [0.29, 0.717) is 5.92 Å². The number of para-hydroxylation sites is 1. The third-order valence-electron chi connectivity index (χ3n) is 4.07. The van der Waals surface area contributed by atoms with Crippen LogP contribution in [0.5, 0.6) is 0 Å². The summed E-state index contributed by atoms with van der Waals surface area (Å²) < 4.78 is 0. The number of carbonyl (C=O) groups is 1. The van der Waals surface area contributed by atoms with Gasteiger partial charge in [0.15, 0.2) is 0 Å². The van der Waals surface area contributed by atoms with Crippen molar-refractivity contribution in [3.63, 3.8) is 0 Å². The molecule has 0 saturated heterocycles. The number of hydrogen-bond acceptors (Lipinski definition) is 2. The predicted molar refractivity (Wildman–Crippen MR) is 81.2 cm³/mol. The van der Waals surface area contributed by atoms with Crippen LogP contribution in [0, 0.1) is 5.92 Å². The van der Waals surface area contributed by atoms with Crippen molar-refractivity contribution in [2.45, 2.75) is 18.7 Å². The van der Waals surface area contributed by atoms with E-state index in [-0.39, 0.29) is 10.8 Å². The second-order valence-electron chi connectivity index (χ2n) is 5.08. The predicted octanol–water partition coefficient (Wildman–Crippen LogP) is 3.61. The van der Waals surface area contributed by atoms with Crippen molar-refractivity contribution in [3.8, 4) is 0 Å². The van der Waals surface area contributed by atoms with Crippen LogP contribution in [0.1, 0.15) is 13.8 Å². The van der Waals surface area contributed by atoms with Gasteiger partial charge in [-0.15, -0.1) is 11.8 Å². The number of benzene rings is 1. The second kappa shape index (κ2) is 4.57. The molecule has 1 aromatic carbocycles. The molecule has 0 fully saturated rings. The highest BCUT2D eigenvalue weighted by atomic mass is 32.2. The molecule has 0 N–H and O–H groups in total. The summed E-state index contributed by atoms with van der Waals surface area (Å²) in [5.74, 6) is 1.37. The van der Waals surface area contributed by atoms with Gasteiger partial charge in [0.05, 0.1) is 0 Å². The van der Waals surface area contributed by atoms with Crippen molar-refractivity contribution >= 4 is 23.4 Å². The van der Waals surface area contributed by atoms with E-state index in [9.17, 15) is 4.79 Å². The fourth-order valence-electron chi connectivity index (χ4n) is 2.80. The molecule has 0 saturated carbocycles. The maximum atomic E-state index is 12.3. The van der Waals surface area contributed by atoms with Gasteiger partial charge in [-0.25, -0.2) is 0 Å². The molecule has 0 bridgehead atoms. The van der Waals surface area contributed by atoms with Gasteiger partial charge < -0.3 is 0 Å². The van der Waals surface area contributed by atoms with Gasteiger partial charge in [0.25, 0.3) is 5.91 Å². The first-order valence-corrected chi connectivity index (χ1v) is 7.53. The molecule has 2 nitrogen and oxygen atoms in total. The summed E-state index contributed by atoms with van der Waals surface area (Å²) in [7, 11) is 0. The largest absolute Gasteiger partial charge is 0.290 e. The first kappa shape index (κ1) is 12.5. The lowest BCUT2D eigenvalue weighted by Gasteiger charge is -2.44. The van der Waals surface area contributed by atoms with Crippen LogP contribution >= 0.6 is 11.8 Å². The van der Waals surface area contributed by atoms with E-state index in [0.717, 1.165) is 11.4 Å². The van der Waals surface area contributed by atoms with Crippen LogP contribution in [0.15, 0.2) is 54.1 Å². The van der Waals surface area contributed by atoms with E-state index in [1.165, 1.54) is 5.57 Å². The first-order chi connectivity index (χ1) is 9.15. The first-order valence-electron chi connectivity index (χ1n) is 6.54. The van der Waals surface area contributed by atoms with Gasteiger partial charge in [0.2, 0.25) is 0 Å². The summed E-state index contributed by atoms with van der Waals surface area (Å²) >= 11 is 1.83. The van der Waals surface area contributed by atoms with E-state index in [4.69, 9.17) is 0 Å². The van der Waals surface area contributed by atoms with Gasteiger partial charge in [0.1, 0.15) is 4.87 Å². The Morgan fingerprint density at radius 2 is 2.05 bits per heavy atom. The number of thioether (sulfide) groups is 1. The van der Waals surface area contributed by atoms with Gasteiger partial charge in [-0.05, 0) is 25.1 Å². The number of amides is 1. The molecule has 98 valence electrons. The topological polar surface area (TPSA) is 20.3 Å². The highest BCUT2D eigenvalue weighted by molar-refractivity contribution is 8.01. The average molecular weight is 271 g/mol. The third kappa shape index (κ3) is 1.84. The average Bonchev–Trinajstić information content (AvgIpc) is 2.75. The quantitative estimate of drug-likeness (QED) is 0.727. The third-order valence-corrected chi connectivity index (χ3v) is 5.54. The molecular formula is C16H17NOS. The monoisotopic (exact) mass is 271 g/mol. The molecular weight excluding hydrogens is 254 g/mol. The lowest BCUT2D eigenvalue weighted by Crippen LogP contribution is -2.50. The molecule has 0 aliphatic carbocycles. The molecule has 2 heterocycles. The zero-order valence-electron chi connectivity index (χ0n) is 11.2. The van der Waals surface area contributed by atoms with Crippen molar-refractivity contribution in [2.24, 2.45) is 5.92 Å². The van der Waals surface area contributed by atoms with Crippen LogP contribution in [0.25, 0.3) is 0 Å². The van der Waals surface area contributed by atoms with Crippen LogP contribution in [-0.2, 0) is 4.79 Å². The number of hydrogen-bond donors (Lipinski definition) is 0. The molecule has 1 spiro atoms. The Hall–Kier alpha value is -1.48. The fraction of sp³-hybridized carbons (Fsp3) is 0.312. The van der Waals surface area contributed by atoms with Crippen LogP contribution in [-0.4, -0.2) is 16.5 Å². The summed E-state index contributed by atoms with van der Waals surface area (Å²) in [6, 6.07) is 9.96. The molecule has 2 aliphatic rings. The van der Waals surface area contributed by atoms with Crippen molar-refractivity contribution in [1.82, 2.24) is 0 Å². The Bertz CT molecular complexity index is 563. The summed E-state index contributed by atoms with van der Waals surface area (Å²) in [5, 5.41) is 0. The highest BCUT2D eigenvalue weighted by Gasteiger charge is 2.48. The van der Waals surface area contributed by atoms with Gasteiger partial charge in [-0.3, -0.25) is 9.69 Å². The minimum atomic E-state index is -0.253. The van der Waals surface area contributed by atoms with Crippen molar-refractivity contribution < 1.29 is 4.79 Å². The van der Waals surface area contributed by atoms with Gasteiger partial charge in [-0.1, -0.05) is 36.8 Å². The Kier molecular flexibility index (Phi) is 3.02. The number of carbonyl (C=O) groups excluding carboxylic acids is 1. The van der Waals surface area contributed by atoms with Crippen LogP contribution in [0.4, 0.5) is 5.69 Å². The molecule has 3 rings (SSSR count). The van der Waals surface area contributed by atoms with Crippen molar-refractivity contribution in [1.29, 1.82) is 0 Å². The van der Waals surface area contributed by atoms with E-state index in [1.807, 2.05) is 47.0 Å².